The number of piperidine rings is 1. The van der Waals surface area contributed by atoms with E-state index in [1.807, 2.05) is 35.2 Å². The quantitative estimate of drug-likeness (QED) is 0.393. The minimum atomic E-state index is -0.884. The lowest BCUT2D eigenvalue weighted by atomic mass is 9.84. The van der Waals surface area contributed by atoms with Crippen LogP contribution in [0.15, 0.2) is 42.5 Å². The lowest BCUT2D eigenvalue weighted by molar-refractivity contribution is -0.786. The average Bonchev–Trinajstić information content (AvgIpc) is 3.12. The van der Waals surface area contributed by atoms with Gasteiger partial charge in [-0.05, 0) is 50.9 Å². The van der Waals surface area contributed by atoms with Crippen molar-refractivity contribution in [3.8, 4) is 17.2 Å². The van der Waals surface area contributed by atoms with Crippen LogP contribution >= 0.6 is 0 Å². The number of nitrogens with one attached hydrogen (secondary N) is 1. The van der Waals surface area contributed by atoms with Gasteiger partial charge < -0.3 is 19.5 Å². The van der Waals surface area contributed by atoms with Crippen molar-refractivity contribution in [2.45, 2.75) is 57.0 Å². The average molecular weight is 523 g/mol. The number of carbonyl (C=O) groups is 2. The zero-order valence-corrected chi connectivity index (χ0v) is 22.8. The number of para-hydroxylation sites is 1. The number of ether oxygens (including phenoxy) is 3. The molecule has 3 fully saturated rings. The maximum Gasteiger partial charge on any atom is 0.432 e. The fraction of sp³-hybridized carbons (Fsp3) is 0.533. The first-order chi connectivity index (χ1) is 18.5. The van der Waals surface area contributed by atoms with Crippen LogP contribution in [0.1, 0.15) is 50.5 Å². The third kappa shape index (κ3) is 4.43. The SMILES string of the molecule is COc1cc(OC)c(C[N+]2(CC3CCCCC3)C(=O)N(c3ccccc3)C3(CCNCC3)C2=O)c(OC)c1. The van der Waals surface area contributed by atoms with Gasteiger partial charge in [-0.25, -0.2) is 14.5 Å². The third-order valence-electron chi connectivity index (χ3n) is 8.76. The molecule has 3 amide bonds. The number of anilines is 1. The molecule has 1 atom stereocenters. The van der Waals surface area contributed by atoms with Gasteiger partial charge in [-0.15, -0.1) is 0 Å². The minimum absolute atomic E-state index is 0.00153. The van der Waals surface area contributed by atoms with Gasteiger partial charge in [0.2, 0.25) is 0 Å². The van der Waals surface area contributed by atoms with Gasteiger partial charge in [-0.3, -0.25) is 0 Å². The van der Waals surface area contributed by atoms with Crippen molar-refractivity contribution in [2.75, 3.05) is 45.9 Å². The number of rotatable bonds is 8. The van der Waals surface area contributed by atoms with Crippen LogP contribution in [0.3, 0.4) is 0 Å². The Kier molecular flexibility index (Phi) is 7.63. The van der Waals surface area contributed by atoms with Crippen LogP contribution in [0.5, 0.6) is 17.2 Å². The molecule has 1 N–H and O–H groups in total. The summed E-state index contributed by atoms with van der Waals surface area (Å²) in [4.78, 5) is 31.7. The first-order valence-electron chi connectivity index (χ1n) is 13.8. The van der Waals surface area contributed by atoms with E-state index < -0.39 is 5.54 Å². The molecule has 2 aromatic carbocycles. The molecule has 0 bridgehead atoms. The van der Waals surface area contributed by atoms with Crippen molar-refractivity contribution in [1.82, 2.24) is 5.32 Å². The Hall–Kier alpha value is -3.10. The fourth-order valence-electron chi connectivity index (χ4n) is 6.85. The normalized spacial score (nSPS) is 23.6. The van der Waals surface area contributed by atoms with E-state index in [0.717, 1.165) is 31.4 Å². The molecular weight excluding hydrogens is 482 g/mol. The molecule has 2 aliphatic heterocycles. The highest BCUT2D eigenvalue weighted by atomic mass is 16.5. The van der Waals surface area contributed by atoms with E-state index in [4.69, 9.17) is 14.2 Å². The number of quaternary nitrogens is 1. The van der Waals surface area contributed by atoms with Crippen molar-refractivity contribution in [3.05, 3.63) is 48.0 Å². The Morgan fingerprint density at radius 2 is 1.55 bits per heavy atom. The standard InChI is InChI=1S/C30H40N3O5/c1-36-24-18-26(37-2)25(27(19-24)38-3)21-33(20-22-10-6-4-7-11-22)28(34)30(14-16-31-17-15-30)32(29(33)35)23-12-8-5-9-13-23/h5,8-9,12-13,18-19,22,31H,4,6-7,10-11,14-17,20-21H2,1-3H3/q+1. The third-order valence-corrected chi connectivity index (χ3v) is 8.76. The maximum atomic E-state index is 15.0. The number of hydrogen-bond acceptors (Lipinski definition) is 6. The molecule has 1 spiro atoms. The minimum Gasteiger partial charge on any atom is -0.496 e. The fourth-order valence-corrected chi connectivity index (χ4v) is 6.85. The zero-order valence-electron chi connectivity index (χ0n) is 22.8. The molecule has 3 aliphatic rings. The highest BCUT2D eigenvalue weighted by molar-refractivity contribution is 6.09. The highest BCUT2D eigenvalue weighted by Gasteiger charge is 2.70. The first kappa shape index (κ1) is 26.5. The second-order valence-corrected chi connectivity index (χ2v) is 10.9. The molecule has 1 aliphatic carbocycles. The molecule has 38 heavy (non-hydrogen) atoms. The summed E-state index contributed by atoms with van der Waals surface area (Å²) in [5.74, 6) is 2.02. The van der Waals surface area contributed by atoms with E-state index in [2.05, 4.69) is 5.32 Å². The molecule has 2 saturated heterocycles. The van der Waals surface area contributed by atoms with Crippen LogP contribution in [-0.2, 0) is 11.3 Å². The molecule has 2 heterocycles. The predicted molar refractivity (Wildman–Crippen MR) is 146 cm³/mol. The number of amides is 3. The van der Waals surface area contributed by atoms with Crippen LogP contribution in [-0.4, -0.2) is 62.9 Å². The number of methoxy groups -OCH3 is 3. The number of imide groups is 1. The van der Waals surface area contributed by atoms with Crippen LogP contribution in [0.2, 0.25) is 0 Å². The Morgan fingerprint density at radius 3 is 2.13 bits per heavy atom. The monoisotopic (exact) mass is 522 g/mol. The summed E-state index contributed by atoms with van der Waals surface area (Å²) >= 11 is 0. The Morgan fingerprint density at radius 1 is 0.921 bits per heavy atom. The molecule has 204 valence electrons. The number of benzene rings is 2. The Balaban J connectivity index is 1.68. The number of nitrogens with zero attached hydrogens (tertiary/aromatic N) is 2. The van der Waals surface area contributed by atoms with E-state index in [0.29, 0.717) is 61.2 Å². The van der Waals surface area contributed by atoms with Crippen LogP contribution in [0.4, 0.5) is 10.5 Å². The van der Waals surface area contributed by atoms with Gasteiger partial charge >= 0.3 is 11.9 Å². The van der Waals surface area contributed by atoms with Gasteiger partial charge in [0.25, 0.3) is 0 Å². The second-order valence-electron chi connectivity index (χ2n) is 10.9. The van der Waals surface area contributed by atoms with Gasteiger partial charge in [0.05, 0.1) is 39.1 Å². The largest absolute Gasteiger partial charge is 0.496 e. The molecule has 1 saturated carbocycles. The number of carbonyl (C=O) groups excluding carboxylic acids is 2. The van der Waals surface area contributed by atoms with Gasteiger partial charge in [-0.1, -0.05) is 37.5 Å². The van der Waals surface area contributed by atoms with Crippen molar-refractivity contribution >= 4 is 17.6 Å². The zero-order chi connectivity index (χ0) is 26.8. The maximum absolute atomic E-state index is 15.0. The molecule has 2 aromatic rings. The summed E-state index contributed by atoms with van der Waals surface area (Å²) < 4.78 is 16.8. The molecule has 1 unspecified atom stereocenters. The Bertz CT molecular complexity index is 1130. The topological polar surface area (TPSA) is 77.1 Å². The Labute approximate surface area is 225 Å². The van der Waals surface area contributed by atoms with Gasteiger partial charge in [0, 0.05) is 18.1 Å². The van der Waals surface area contributed by atoms with E-state index in [-0.39, 0.29) is 23.0 Å². The van der Waals surface area contributed by atoms with E-state index in [1.165, 1.54) is 6.42 Å². The van der Waals surface area contributed by atoms with Crippen LogP contribution in [0.25, 0.3) is 0 Å². The van der Waals surface area contributed by atoms with Crippen LogP contribution < -0.4 is 24.4 Å². The lowest BCUT2D eigenvalue weighted by Gasteiger charge is -2.36. The van der Waals surface area contributed by atoms with E-state index >= 15 is 0 Å². The molecule has 0 aromatic heterocycles. The van der Waals surface area contributed by atoms with E-state index in [1.54, 1.807) is 33.5 Å². The first-order valence-corrected chi connectivity index (χ1v) is 13.8. The van der Waals surface area contributed by atoms with Crippen molar-refractivity contribution in [2.24, 2.45) is 5.92 Å². The predicted octanol–water partition coefficient (Wildman–Crippen LogP) is 4.90. The summed E-state index contributed by atoms with van der Waals surface area (Å²) in [6, 6.07) is 13.2. The summed E-state index contributed by atoms with van der Waals surface area (Å²) in [5, 5.41) is 3.40. The summed E-state index contributed by atoms with van der Waals surface area (Å²) in [6.07, 6.45) is 6.75. The number of hydrogen-bond donors (Lipinski definition) is 1. The van der Waals surface area contributed by atoms with Gasteiger partial charge in [0.15, 0.2) is 5.54 Å². The molecule has 0 radical (unpaired) electrons. The van der Waals surface area contributed by atoms with E-state index in [9.17, 15) is 9.59 Å². The van der Waals surface area contributed by atoms with Gasteiger partial charge in [-0.2, -0.15) is 4.48 Å². The summed E-state index contributed by atoms with van der Waals surface area (Å²) in [7, 11) is 4.79. The molecule has 8 heteroatoms. The smallest absolute Gasteiger partial charge is 0.432 e. The molecular formula is C30H40N3O5+. The van der Waals surface area contributed by atoms with Crippen LogP contribution in [0, 0.1) is 5.92 Å². The van der Waals surface area contributed by atoms with Crippen molar-refractivity contribution in [1.29, 1.82) is 0 Å². The van der Waals surface area contributed by atoms with Gasteiger partial charge in [0.1, 0.15) is 23.8 Å². The molecule has 8 nitrogen and oxygen atoms in total. The molecule has 5 rings (SSSR count). The number of urea groups is 1. The summed E-state index contributed by atoms with van der Waals surface area (Å²) in [5.41, 5.74) is 0.614. The van der Waals surface area contributed by atoms with Crippen molar-refractivity contribution in [3.63, 3.8) is 0 Å². The van der Waals surface area contributed by atoms with Crippen molar-refractivity contribution < 1.29 is 28.3 Å². The lowest BCUT2D eigenvalue weighted by Crippen LogP contribution is -2.59. The highest BCUT2D eigenvalue weighted by Crippen LogP contribution is 2.47. The second kappa shape index (κ2) is 10.9. The summed E-state index contributed by atoms with van der Waals surface area (Å²) in [6.45, 7) is 2.07.